The Bertz CT molecular complexity index is 554. The molecule has 21 heavy (non-hydrogen) atoms. The normalized spacial score (nSPS) is 10.8. The van der Waals surface area contributed by atoms with E-state index in [4.69, 9.17) is 17.0 Å². The summed E-state index contributed by atoms with van der Waals surface area (Å²) in [7, 11) is 4.40. The SMILES string of the molecule is COC(=O)/C(=C\N(C)c1nc(C)cc(C)n1)NC(=S)OC. The summed E-state index contributed by atoms with van der Waals surface area (Å²) in [5.74, 6) is -0.121. The van der Waals surface area contributed by atoms with Crippen LogP contribution in [0.25, 0.3) is 0 Å². The van der Waals surface area contributed by atoms with Crippen molar-refractivity contribution < 1.29 is 14.3 Å². The predicted molar refractivity (Wildman–Crippen MR) is 82.8 cm³/mol. The molecule has 0 amide bonds. The van der Waals surface area contributed by atoms with Crippen molar-refractivity contribution in [1.29, 1.82) is 0 Å². The zero-order chi connectivity index (χ0) is 16.0. The van der Waals surface area contributed by atoms with Gasteiger partial charge in [0.1, 0.15) is 5.70 Å². The van der Waals surface area contributed by atoms with Crippen LogP contribution in [0.5, 0.6) is 0 Å². The van der Waals surface area contributed by atoms with Crippen molar-refractivity contribution in [3.05, 3.63) is 29.4 Å². The predicted octanol–water partition coefficient (Wildman–Crippen LogP) is 1.06. The standard InChI is InChI=1S/C13H18N4O3S/c1-8-6-9(2)15-12(14-8)17(3)7-10(11(18)19-4)16-13(21)20-5/h6-7H,1-5H3,(H,16,21)/b10-7+. The van der Waals surface area contributed by atoms with Crippen LogP contribution in [0, 0.1) is 13.8 Å². The van der Waals surface area contributed by atoms with Gasteiger partial charge in [-0.15, -0.1) is 0 Å². The van der Waals surface area contributed by atoms with E-state index in [2.05, 4.69) is 20.0 Å². The van der Waals surface area contributed by atoms with E-state index in [0.29, 0.717) is 5.95 Å². The first-order valence-corrected chi connectivity index (χ1v) is 6.48. The van der Waals surface area contributed by atoms with Crippen LogP contribution >= 0.6 is 12.2 Å². The highest BCUT2D eigenvalue weighted by atomic mass is 32.1. The number of aromatic nitrogens is 2. The van der Waals surface area contributed by atoms with Crippen molar-refractivity contribution >= 4 is 29.3 Å². The molecule has 0 aliphatic heterocycles. The van der Waals surface area contributed by atoms with E-state index in [1.807, 2.05) is 19.9 Å². The van der Waals surface area contributed by atoms with Crippen LogP contribution in [-0.4, -0.2) is 42.4 Å². The quantitative estimate of drug-likeness (QED) is 0.503. The van der Waals surface area contributed by atoms with E-state index in [0.717, 1.165) is 11.4 Å². The lowest BCUT2D eigenvalue weighted by Gasteiger charge is -2.16. The third-order valence-electron chi connectivity index (χ3n) is 2.44. The Hall–Kier alpha value is -2.22. The average molecular weight is 310 g/mol. The van der Waals surface area contributed by atoms with Crippen molar-refractivity contribution in [2.45, 2.75) is 13.8 Å². The molecule has 1 aromatic heterocycles. The minimum absolute atomic E-state index is 0.0568. The number of nitrogens with one attached hydrogen (secondary N) is 1. The number of carbonyl (C=O) groups is 1. The van der Waals surface area contributed by atoms with E-state index in [-0.39, 0.29) is 10.9 Å². The molecule has 0 spiro atoms. The van der Waals surface area contributed by atoms with Crippen LogP contribution in [0.15, 0.2) is 18.0 Å². The van der Waals surface area contributed by atoms with Gasteiger partial charge in [0.2, 0.25) is 5.95 Å². The minimum atomic E-state index is -0.578. The Morgan fingerprint density at radius 3 is 2.33 bits per heavy atom. The molecule has 0 radical (unpaired) electrons. The highest BCUT2D eigenvalue weighted by Gasteiger charge is 2.14. The number of methoxy groups -OCH3 is 2. The lowest BCUT2D eigenvalue weighted by molar-refractivity contribution is -0.136. The maximum Gasteiger partial charge on any atom is 0.356 e. The minimum Gasteiger partial charge on any atom is -0.474 e. The fraction of sp³-hybridized carbons (Fsp3) is 0.385. The Morgan fingerprint density at radius 2 is 1.86 bits per heavy atom. The van der Waals surface area contributed by atoms with Gasteiger partial charge in [0.05, 0.1) is 14.2 Å². The summed E-state index contributed by atoms with van der Waals surface area (Å²) >= 11 is 4.88. The molecule has 0 saturated carbocycles. The zero-order valence-corrected chi connectivity index (χ0v) is 13.4. The largest absolute Gasteiger partial charge is 0.474 e. The van der Waals surface area contributed by atoms with E-state index in [1.165, 1.54) is 20.4 Å². The Labute approximate surface area is 129 Å². The summed E-state index contributed by atoms with van der Waals surface area (Å²) < 4.78 is 9.51. The third kappa shape index (κ3) is 4.99. The van der Waals surface area contributed by atoms with Gasteiger partial charge in [0.25, 0.3) is 5.17 Å². The van der Waals surface area contributed by atoms with Crippen LogP contribution < -0.4 is 10.2 Å². The number of anilines is 1. The Morgan fingerprint density at radius 1 is 1.29 bits per heavy atom. The first kappa shape index (κ1) is 16.8. The van der Waals surface area contributed by atoms with Gasteiger partial charge in [0.15, 0.2) is 0 Å². The molecule has 7 nitrogen and oxygen atoms in total. The fourth-order valence-electron chi connectivity index (χ4n) is 1.52. The second-order valence-corrected chi connectivity index (χ2v) is 4.58. The molecule has 8 heteroatoms. The second-order valence-electron chi connectivity index (χ2n) is 4.21. The lowest BCUT2D eigenvalue weighted by atomic mass is 10.3. The van der Waals surface area contributed by atoms with E-state index >= 15 is 0 Å². The number of aryl methyl sites for hydroxylation is 2. The Balaban J connectivity index is 3.07. The van der Waals surface area contributed by atoms with E-state index in [1.54, 1.807) is 11.9 Å². The van der Waals surface area contributed by atoms with Gasteiger partial charge < -0.3 is 19.7 Å². The van der Waals surface area contributed by atoms with Crippen molar-refractivity contribution in [1.82, 2.24) is 15.3 Å². The maximum atomic E-state index is 11.7. The van der Waals surface area contributed by atoms with Crippen LogP contribution in [0.1, 0.15) is 11.4 Å². The van der Waals surface area contributed by atoms with Crippen molar-refractivity contribution in [2.24, 2.45) is 0 Å². The van der Waals surface area contributed by atoms with Gasteiger partial charge in [-0.25, -0.2) is 14.8 Å². The number of rotatable bonds is 4. The molecule has 0 bridgehead atoms. The number of hydrogen-bond acceptors (Lipinski definition) is 7. The van der Waals surface area contributed by atoms with Crippen LogP contribution in [-0.2, 0) is 14.3 Å². The van der Waals surface area contributed by atoms with Crippen molar-refractivity contribution in [2.75, 3.05) is 26.2 Å². The highest BCUT2D eigenvalue weighted by Crippen LogP contribution is 2.10. The van der Waals surface area contributed by atoms with E-state index in [9.17, 15) is 4.79 Å². The highest BCUT2D eigenvalue weighted by molar-refractivity contribution is 7.80. The number of thiocarbonyl (C=S) groups is 1. The molecule has 1 rings (SSSR count). The van der Waals surface area contributed by atoms with Gasteiger partial charge in [-0.1, -0.05) is 0 Å². The molecule has 0 atom stereocenters. The monoisotopic (exact) mass is 310 g/mol. The van der Waals surface area contributed by atoms with Gasteiger partial charge in [-0.3, -0.25) is 0 Å². The summed E-state index contributed by atoms with van der Waals surface area (Å²) in [5, 5.41) is 2.70. The molecular weight excluding hydrogens is 292 g/mol. The molecule has 1 aromatic rings. The molecule has 1 heterocycles. The molecule has 0 aliphatic carbocycles. The summed E-state index contributed by atoms with van der Waals surface area (Å²) in [4.78, 5) is 21.9. The van der Waals surface area contributed by atoms with Crippen molar-refractivity contribution in [3.8, 4) is 0 Å². The molecule has 1 N–H and O–H groups in total. The summed E-state index contributed by atoms with van der Waals surface area (Å²) in [6.07, 6.45) is 1.49. The molecule has 114 valence electrons. The number of nitrogens with zero attached hydrogens (tertiary/aromatic N) is 3. The third-order valence-corrected chi connectivity index (χ3v) is 2.70. The molecule has 0 saturated heterocycles. The number of ether oxygens (including phenoxy) is 2. The smallest absolute Gasteiger partial charge is 0.356 e. The first-order valence-electron chi connectivity index (χ1n) is 6.07. The maximum absolute atomic E-state index is 11.7. The van der Waals surface area contributed by atoms with Gasteiger partial charge in [-0.2, -0.15) is 0 Å². The van der Waals surface area contributed by atoms with Crippen LogP contribution in [0.3, 0.4) is 0 Å². The second kappa shape index (κ2) is 7.53. The first-order chi connectivity index (χ1) is 9.87. The molecule has 0 unspecified atom stereocenters. The number of hydrogen-bond donors (Lipinski definition) is 1. The summed E-state index contributed by atoms with van der Waals surface area (Å²) in [5.41, 5.74) is 1.78. The van der Waals surface area contributed by atoms with Crippen molar-refractivity contribution in [3.63, 3.8) is 0 Å². The number of esters is 1. The lowest BCUT2D eigenvalue weighted by Crippen LogP contribution is -2.30. The van der Waals surface area contributed by atoms with Gasteiger partial charge in [-0.05, 0) is 32.1 Å². The summed E-state index contributed by atoms with van der Waals surface area (Å²) in [6.45, 7) is 3.74. The number of carbonyl (C=O) groups excluding carboxylic acids is 1. The van der Waals surface area contributed by atoms with Gasteiger partial charge in [0, 0.05) is 24.6 Å². The van der Waals surface area contributed by atoms with Crippen LogP contribution in [0.2, 0.25) is 0 Å². The Kier molecular flexibility index (Phi) is 6.04. The molecule has 0 fully saturated rings. The van der Waals surface area contributed by atoms with Gasteiger partial charge >= 0.3 is 5.97 Å². The topological polar surface area (TPSA) is 76.6 Å². The average Bonchev–Trinajstić information content (AvgIpc) is 2.44. The van der Waals surface area contributed by atoms with E-state index < -0.39 is 5.97 Å². The molecular formula is C13H18N4O3S. The molecule has 0 aromatic carbocycles. The zero-order valence-electron chi connectivity index (χ0n) is 12.6. The summed E-state index contributed by atoms with van der Waals surface area (Å²) in [6, 6.07) is 1.86. The fourth-order valence-corrected chi connectivity index (χ4v) is 1.63. The molecule has 0 aliphatic rings. The van der Waals surface area contributed by atoms with Crippen LogP contribution in [0.4, 0.5) is 5.95 Å².